The summed E-state index contributed by atoms with van der Waals surface area (Å²) in [4.78, 5) is 26.8. The van der Waals surface area contributed by atoms with Gasteiger partial charge in [-0.15, -0.1) is 0 Å². The molecule has 0 radical (unpaired) electrons. The number of nitrogens with one attached hydrogen (secondary N) is 1. The third kappa shape index (κ3) is 3.96. The molecule has 24 heavy (non-hydrogen) atoms. The molecule has 0 spiro atoms. The highest BCUT2D eigenvalue weighted by Gasteiger charge is 2.34. The van der Waals surface area contributed by atoms with Crippen LogP contribution < -0.4 is 5.32 Å². The third-order valence-electron chi connectivity index (χ3n) is 5.23. The second-order valence-corrected chi connectivity index (χ2v) is 6.91. The Kier molecular flexibility index (Phi) is 5.51. The highest BCUT2D eigenvalue weighted by Crippen LogP contribution is 2.25. The van der Waals surface area contributed by atoms with E-state index < -0.39 is 0 Å². The maximum absolute atomic E-state index is 12.5. The second-order valence-electron chi connectivity index (χ2n) is 6.91. The van der Waals surface area contributed by atoms with Crippen molar-refractivity contribution >= 4 is 11.8 Å². The maximum Gasteiger partial charge on any atom is 0.242 e. The lowest BCUT2D eigenvalue weighted by Gasteiger charge is -2.25. The van der Waals surface area contributed by atoms with Gasteiger partial charge < -0.3 is 15.3 Å². The predicted octanol–water partition coefficient (Wildman–Crippen LogP) is 1.50. The van der Waals surface area contributed by atoms with Gasteiger partial charge in [0.1, 0.15) is 6.04 Å². The number of amides is 2. The minimum atomic E-state index is -0.361. The van der Waals surface area contributed by atoms with Crippen LogP contribution >= 0.6 is 0 Å². The molecule has 1 aliphatic heterocycles. The number of hydrogen-bond acceptors (Lipinski definition) is 3. The molecule has 2 N–H and O–H groups in total. The van der Waals surface area contributed by atoms with Crippen LogP contribution in [0.4, 0.5) is 0 Å². The van der Waals surface area contributed by atoms with Crippen LogP contribution in [0.15, 0.2) is 30.3 Å². The molecule has 1 saturated carbocycles. The van der Waals surface area contributed by atoms with E-state index in [2.05, 4.69) is 5.32 Å². The number of aliphatic hydroxyl groups excluding tert-OH is 1. The van der Waals surface area contributed by atoms with Crippen LogP contribution in [-0.2, 0) is 16.0 Å². The summed E-state index contributed by atoms with van der Waals surface area (Å²) < 4.78 is 0. The first-order valence-corrected chi connectivity index (χ1v) is 8.94. The van der Waals surface area contributed by atoms with Crippen LogP contribution in [0, 0.1) is 5.92 Å². The molecule has 2 fully saturated rings. The quantitative estimate of drug-likeness (QED) is 0.859. The lowest BCUT2D eigenvalue weighted by atomic mass is 10.1. The van der Waals surface area contributed by atoms with Crippen molar-refractivity contribution in [3.8, 4) is 0 Å². The molecule has 0 bridgehead atoms. The predicted molar refractivity (Wildman–Crippen MR) is 91.2 cm³/mol. The molecule has 5 heteroatoms. The van der Waals surface area contributed by atoms with Gasteiger partial charge in [0.15, 0.2) is 0 Å². The van der Waals surface area contributed by atoms with Gasteiger partial charge >= 0.3 is 0 Å². The second kappa shape index (κ2) is 7.79. The largest absolute Gasteiger partial charge is 0.393 e. The zero-order chi connectivity index (χ0) is 16.9. The van der Waals surface area contributed by atoms with Crippen LogP contribution in [0.1, 0.15) is 37.7 Å². The lowest BCUT2D eigenvalue weighted by Crippen LogP contribution is -2.47. The Morgan fingerprint density at radius 3 is 2.62 bits per heavy atom. The van der Waals surface area contributed by atoms with Crippen molar-refractivity contribution in [3.63, 3.8) is 0 Å². The summed E-state index contributed by atoms with van der Waals surface area (Å²) in [6.07, 6.45) is 4.43. The minimum absolute atomic E-state index is 0.0137. The molecule has 2 amide bonds. The number of carbonyl (C=O) groups is 2. The van der Waals surface area contributed by atoms with Gasteiger partial charge in [-0.3, -0.25) is 9.59 Å². The highest BCUT2D eigenvalue weighted by molar-refractivity contribution is 5.89. The Hall–Kier alpha value is -1.88. The van der Waals surface area contributed by atoms with Gasteiger partial charge in [0.2, 0.25) is 11.8 Å². The van der Waals surface area contributed by atoms with E-state index in [1.165, 1.54) is 0 Å². The number of aliphatic hydroxyl groups is 1. The molecule has 1 aliphatic carbocycles. The Labute approximate surface area is 143 Å². The maximum atomic E-state index is 12.5. The fourth-order valence-corrected chi connectivity index (χ4v) is 3.81. The van der Waals surface area contributed by atoms with Gasteiger partial charge in [0, 0.05) is 19.0 Å². The van der Waals surface area contributed by atoms with E-state index in [0.717, 1.165) is 37.7 Å². The molecule has 5 nitrogen and oxygen atoms in total. The monoisotopic (exact) mass is 330 g/mol. The van der Waals surface area contributed by atoms with Crippen LogP contribution in [0.25, 0.3) is 0 Å². The SMILES string of the molecule is O=C(NCC1CCCC1O)C1CCCN1C(=O)Cc1ccccc1. The molecule has 0 aromatic heterocycles. The standard InChI is InChI=1S/C19H26N2O3/c22-17-10-4-8-15(17)13-20-19(24)16-9-5-11-21(16)18(23)12-14-6-2-1-3-7-14/h1-3,6-7,15-17,22H,4-5,8-13H2,(H,20,24). The molecule has 2 aliphatic rings. The van der Waals surface area contributed by atoms with E-state index in [4.69, 9.17) is 0 Å². The molecule has 3 rings (SSSR count). The number of nitrogens with zero attached hydrogens (tertiary/aromatic N) is 1. The Morgan fingerprint density at radius 2 is 1.92 bits per heavy atom. The van der Waals surface area contributed by atoms with Gasteiger partial charge in [0.05, 0.1) is 12.5 Å². The van der Waals surface area contributed by atoms with Crippen LogP contribution in [0.2, 0.25) is 0 Å². The van der Waals surface area contributed by atoms with Crippen molar-refractivity contribution in [2.75, 3.05) is 13.1 Å². The summed E-state index contributed by atoms with van der Waals surface area (Å²) >= 11 is 0. The minimum Gasteiger partial charge on any atom is -0.393 e. The molecule has 3 unspecified atom stereocenters. The van der Waals surface area contributed by atoms with Crippen molar-refractivity contribution < 1.29 is 14.7 Å². The third-order valence-corrected chi connectivity index (χ3v) is 5.23. The van der Waals surface area contributed by atoms with E-state index in [0.29, 0.717) is 19.5 Å². The molecule has 1 aromatic carbocycles. The number of benzene rings is 1. The average molecular weight is 330 g/mol. The molecule has 130 valence electrons. The van der Waals surface area contributed by atoms with Gasteiger partial charge in [0.25, 0.3) is 0 Å². The summed E-state index contributed by atoms with van der Waals surface area (Å²) in [6.45, 7) is 1.16. The van der Waals surface area contributed by atoms with Crippen molar-refractivity contribution in [1.29, 1.82) is 0 Å². The van der Waals surface area contributed by atoms with Crippen molar-refractivity contribution in [3.05, 3.63) is 35.9 Å². The number of likely N-dealkylation sites (tertiary alicyclic amines) is 1. The van der Waals surface area contributed by atoms with Crippen LogP contribution in [0.3, 0.4) is 0 Å². The van der Waals surface area contributed by atoms with Crippen molar-refractivity contribution in [1.82, 2.24) is 10.2 Å². The smallest absolute Gasteiger partial charge is 0.242 e. The summed E-state index contributed by atoms with van der Waals surface area (Å²) in [5, 5.41) is 12.8. The Bertz CT molecular complexity index is 575. The van der Waals surface area contributed by atoms with Crippen LogP contribution in [0.5, 0.6) is 0 Å². The first kappa shape index (κ1) is 17.0. The number of rotatable bonds is 5. The van der Waals surface area contributed by atoms with Gasteiger partial charge in [-0.2, -0.15) is 0 Å². The lowest BCUT2D eigenvalue weighted by molar-refractivity contribution is -0.138. The summed E-state index contributed by atoms with van der Waals surface area (Å²) in [5.41, 5.74) is 0.975. The zero-order valence-electron chi connectivity index (χ0n) is 14.0. The van der Waals surface area contributed by atoms with Crippen molar-refractivity contribution in [2.45, 2.75) is 50.7 Å². The summed E-state index contributed by atoms with van der Waals surface area (Å²) in [6, 6.07) is 9.28. The van der Waals surface area contributed by atoms with Crippen LogP contribution in [-0.4, -0.2) is 47.1 Å². The van der Waals surface area contributed by atoms with Crippen molar-refractivity contribution in [2.24, 2.45) is 5.92 Å². The molecule has 1 aromatic rings. The fraction of sp³-hybridized carbons (Fsp3) is 0.579. The number of carbonyl (C=O) groups excluding carboxylic acids is 2. The Balaban J connectivity index is 1.54. The topological polar surface area (TPSA) is 69.6 Å². The molecular formula is C19H26N2O3. The molecule has 3 atom stereocenters. The first-order valence-electron chi connectivity index (χ1n) is 8.94. The van der Waals surface area contributed by atoms with Gasteiger partial charge in [-0.05, 0) is 31.2 Å². The fourth-order valence-electron chi connectivity index (χ4n) is 3.81. The van der Waals surface area contributed by atoms with Gasteiger partial charge in [-0.1, -0.05) is 36.8 Å². The summed E-state index contributed by atoms with van der Waals surface area (Å²) in [7, 11) is 0. The van der Waals surface area contributed by atoms with E-state index in [9.17, 15) is 14.7 Å². The molecule has 1 heterocycles. The summed E-state index contributed by atoms with van der Waals surface area (Å²) in [5.74, 6) is 0.0941. The van der Waals surface area contributed by atoms with E-state index in [1.807, 2.05) is 30.3 Å². The average Bonchev–Trinajstić information content (AvgIpc) is 3.22. The Morgan fingerprint density at radius 1 is 1.12 bits per heavy atom. The normalized spacial score (nSPS) is 26.5. The molecule has 1 saturated heterocycles. The van der Waals surface area contributed by atoms with Gasteiger partial charge in [-0.25, -0.2) is 0 Å². The van der Waals surface area contributed by atoms with E-state index in [1.54, 1.807) is 4.90 Å². The first-order chi connectivity index (χ1) is 11.6. The molecular weight excluding hydrogens is 304 g/mol. The number of hydrogen-bond donors (Lipinski definition) is 2. The zero-order valence-corrected chi connectivity index (χ0v) is 14.0. The van der Waals surface area contributed by atoms with E-state index in [-0.39, 0.29) is 29.9 Å². The van der Waals surface area contributed by atoms with E-state index >= 15 is 0 Å². The highest BCUT2D eigenvalue weighted by atomic mass is 16.3.